The van der Waals surface area contributed by atoms with Crippen LogP contribution in [0, 0.1) is 6.92 Å². The van der Waals surface area contributed by atoms with Gasteiger partial charge in [-0.3, -0.25) is 0 Å². The third kappa shape index (κ3) is 3.99. The first-order chi connectivity index (χ1) is 6.72. The number of rotatable bonds is 3. The van der Waals surface area contributed by atoms with Crippen molar-refractivity contribution >= 4 is 21.0 Å². The molecule has 1 unspecified atom stereocenters. The van der Waals surface area contributed by atoms with E-state index in [1.165, 1.54) is 16.7 Å². The molecule has 74 valence electrons. The van der Waals surface area contributed by atoms with E-state index in [0.717, 1.165) is 4.65 Å². The second kappa shape index (κ2) is 5.90. The van der Waals surface area contributed by atoms with Crippen molar-refractivity contribution in [2.45, 2.75) is 11.8 Å². The van der Waals surface area contributed by atoms with Gasteiger partial charge in [0.1, 0.15) is 0 Å². The second-order valence-electron chi connectivity index (χ2n) is 2.87. The summed E-state index contributed by atoms with van der Waals surface area (Å²) in [6.45, 7) is 2.09. The fraction of sp³-hybridized carbons (Fsp3) is 0.0909. The minimum Gasteiger partial charge on any atom is -0.405 e. The van der Waals surface area contributed by atoms with Gasteiger partial charge in [0.25, 0.3) is 0 Å². The number of aryl methyl sites for hydroxylation is 1. The van der Waals surface area contributed by atoms with Gasteiger partial charge >= 0.3 is 0 Å². The Bertz CT molecular complexity index is 341. The number of nitrogens with two attached hydrogens (primary N) is 1. The zero-order chi connectivity index (χ0) is 10.4. The van der Waals surface area contributed by atoms with E-state index in [0.29, 0.717) is 0 Å². The second-order valence-corrected chi connectivity index (χ2v) is 5.06. The average Bonchev–Trinajstić information content (AvgIpc) is 2.18. The van der Waals surface area contributed by atoms with E-state index in [9.17, 15) is 0 Å². The smallest absolute Gasteiger partial charge is 0.0122 e. The molecule has 1 nitrogen and oxygen atoms in total. The molecule has 0 saturated heterocycles. The van der Waals surface area contributed by atoms with Crippen molar-refractivity contribution in [3.8, 4) is 0 Å². The van der Waals surface area contributed by atoms with Crippen LogP contribution in [0.3, 0.4) is 0 Å². The fourth-order valence-corrected chi connectivity index (χ4v) is 2.14. The summed E-state index contributed by atoms with van der Waals surface area (Å²) in [6, 6.07) is 8.45. The summed E-state index contributed by atoms with van der Waals surface area (Å²) < 4.78 is 1.15. The molecule has 0 heterocycles. The third-order valence-electron chi connectivity index (χ3n) is 1.63. The zero-order valence-corrected chi connectivity index (χ0v) is 10.1. The molecule has 14 heavy (non-hydrogen) atoms. The van der Waals surface area contributed by atoms with E-state index in [2.05, 4.69) is 40.4 Å². The van der Waals surface area contributed by atoms with Crippen LogP contribution in [0.1, 0.15) is 5.56 Å². The molecule has 0 aliphatic heterocycles. The van der Waals surface area contributed by atoms with Gasteiger partial charge in [-0.15, -0.1) is 0 Å². The van der Waals surface area contributed by atoms with Crippen LogP contribution in [-0.4, -0.2) is 0 Å². The van der Waals surface area contributed by atoms with E-state index in [1.54, 1.807) is 11.8 Å². The van der Waals surface area contributed by atoms with Crippen LogP contribution in [-0.2, 0) is 0 Å². The van der Waals surface area contributed by atoms with Gasteiger partial charge in [-0.2, -0.15) is 0 Å². The Kier molecular flexibility index (Phi) is 4.78. The number of hydrogen-bond acceptors (Lipinski definition) is 2. The minimum atomic E-state index is 1.15. The highest BCUT2D eigenvalue weighted by Gasteiger charge is 1.93. The largest absolute Gasteiger partial charge is 0.405 e. The van der Waals surface area contributed by atoms with Crippen LogP contribution < -0.4 is 5.73 Å². The molecule has 1 atom stereocenters. The van der Waals surface area contributed by atoms with E-state index in [-0.39, 0.29) is 0 Å². The van der Waals surface area contributed by atoms with E-state index in [4.69, 9.17) is 5.73 Å². The average molecular weight is 223 g/mol. The molecule has 0 aromatic heterocycles. The normalized spacial score (nSPS) is 12.3. The summed E-state index contributed by atoms with van der Waals surface area (Å²) in [4.78, 5) is 1.24. The molecule has 0 aliphatic carbocycles. The van der Waals surface area contributed by atoms with Crippen molar-refractivity contribution < 1.29 is 0 Å². The summed E-state index contributed by atoms with van der Waals surface area (Å²) in [5, 5.41) is 0. The summed E-state index contributed by atoms with van der Waals surface area (Å²) in [7, 11) is 2.69. The number of benzene rings is 1. The van der Waals surface area contributed by atoms with Crippen molar-refractivity contribution in [2.75, 3.05) is 0 Å². The lowest BCUT2D eigenvalue weighted by molar-refractivity contribution is 1.38. The molecule has 0 spiro atoms. The van der Waals surface area contributed by atoms with Gasteiger partial charge in [-0.05, 0) is 37.4 Å². The van der Waals surface area contributed by atoms with E-state index >= 15 is 0 Å². The number of hydrogen-bond donors (Lipinski definition) is 1. The lowest BCUT2D eigenvalue weighted by Crippen LogP contribution is -1.74. The van der Waals surface area contributed by atoms with Crippen molar-refractivity contribution in [1.29, 1.82) is 0 Å². The molecule has 0 saturated carbocycles. The summed E-state index contributed by atoms with van der Waals surface area (Å²) >= 11 is 1.71. The van der Waals surface area contributed by atoms with E-state index < -0.39 is 0 Å². The van der Waals surface area contributed by atoms with Crippen LogP contribution in [0.15, 0.2) is 52.2 Å². The maximum Gasteiger partial charge on any atom is 0.0122 e. The summed E-state index contributed by atoms with van der Waals surface area (Å²) in [5.74, 6) is 0. The molecule has 0 aliphatic rings. The van der Waals surface area contributed by atoms with Gasteiger partial charge in [0.05, 0.1) is 0 Å². The molecular weight excluding hydrogens is 209 g/mol. The molecule has 1 rings (SSSR count). The van der Waals surface area contributed by atoms with Crippen LogP contribution >= 0.6 is 21.0 Å². The van der Waals surface area contributed by atoms with Crippen molar-refractivity contribution in [1.82, 2.24) is 0 Å². The van der Waals surface area contributed by atoms with Crippen LogP contribution in [0.2, 0.25) is 0 Å². The SMILES string of the molecule is Cc1ccc(S/C(P)=C/C=C\N)cc1. The van der Waals surface area contributed by atoms with Gasteiger partial charge < -0.3 is 5.73 Å². The first-order valence-electron chi connectivity index (χ1n) is 4.31. The van der Waals surface area contributed by atoms with Crippen molar-refractivity contribution in [2.24, 2.45) is 5.73 Å². The summed E-state index contributed by atoms with van der Waals surface area (Å²) in [6.07, 6.45) is 5.32. The Hall–Kier alpha value is -0.720. The van der Waals surface area contributed by atoms with Crippen molar-refractivity contribution in [3.63, 3.8) is 0 Å². The van der Waals surface area contributed by atoms with E-state index in [1.807, 2.05) is 12.2 Å². The number of thioether (sulfide) groups is 1. The topological polar surface area (TPSA) is 26.0 Å². The Morgan fingerprint density at radius 1 is 1.36 bits per heavy atom. The number of allylic oxidation sites excluding steroid dienone is 2. The maximum atomic E-state index is 5.25. The molecule has 0 radical (unpaired) electrons. The highest BCUT2D eigenvalue weighted by Crippen LogP contribution is 2.30. The first kappa shape index (κ1) is 11.4. The van der Waals surface area contributed by atoms with Gasteiger partial charge in [0.2, 0.25) is 0 Å². The molecule has 0 fully saturated rings. The molecule has 0 amide bonds. The molecule has 1 aromatic carbocycles. The van der Waals surface area contributed by atoms with Gasteiger partial charge in [0.15, 0.2) is 0 Å². The van der Waals surface area contributed by atoms with Crippen LogP contribution in [0.5, 0.6) is 0 Å². The van der Waals surface area contributed by atoms with Crippen LogP contribution in [0.25, 0.3) is 0 Å². The van der Waals surface area contributed by atoms with Gasteiger partial charge in [0, 0.05) is 9.54 Å². The van der Waals surface area contributed by atoms with Crippen LogP contribution in [0.4, 0.5) is 0 Å². The Balaban J connectivity index is 2.65. The van der Waals surface area contributed by atoms with Gasteiger partial charge in [-0.1, -0.05) is 38.7 Å². The standard InChI is InChI=1S/C11H14NPS/c1-9-4-6-10(7-5-9)14-11(13)3-2-8-12/h2-8H,12-13H2,1H3/b8-2-,11-3+. The first-order valence-corrected chi connectivity index (χ1v) is 5.70. The minimum absolute atomic E-state index is 1.15. The predicted octanol–water partition coefficient (Wildman–Crippen LogP) is 3.28. The lowest BCUT2D eigenvalue weighted by Gasteiger charge is -2.00. The summed E-state index contributed by atoms with van der Waals surface area (Å²) in [5.41, 5.74) is 6.53. The molecule has 3 heteroatoms. The Morgan fingerprint density at radius 2 is 2.00 bits per heavy atom. The molecule has 1 aromatic rings. The maximum absolute atomic E-state index is 5.25. The Morgan fingerprint density at radius 3 is 2.57 bits per heavy atom. The molecule has 2 N–H and O–H groups in total. The Labute approximate surface area is 91.7 Å². The fourth-order valence-electron chi connectivity index (χ4n) is 0.927. The highest BCUT2D eigenvalue weighted by molar-refractivity contribution is 8.07. The predicted molar refractivity (Wildman–Crippen MR) is 68.2 cm³/mol. The lowest BCUT2D eigenvalue weighted by atomic mass is 10.2. The zero-order valence-electron chi connectivity index (χ0n) is 8.10. The molecule has 0 bridgehead atoms. The molecular formula is C11H14NPS. The van der Waals surface area contributed by atoms with Crippen molar-refractivity contribution in [3.05, 3.63) is 52.8 Å². The third-order valence-corrected chi connectivity index (χ3v) is 3.05. The quantitative estimate of drug-likeness (QED) is 0.483. The van der Waals surface area contributed by atoms with Gasteiger partial charge in [-0.25, -0.2) is 0 Å². The monoisotopic (exact) mass is 223 g/mol. The highest BCUT2D eigenvalue weighted by atomic mass is 32.2.